The molecule has 1 aromatic carbocycles. The van der Waals surface area contributed by atoms with Crippen LogP contribution < -0.4 is 0 Å². The van der Waals surface area contributed by atoms with E-state index in [0.29, 0.717) is 0 Å². The van der Waals surface area contributed by atoms with Crippen LogP contribution in [0.3, 0.4) is 0 Å². The molecule has 0 heterocycles. The average Bonchev–Trinajstić information content (AvgIpc) is 2.53. The maximum Gasteiger partial charge on any atom is 0.119 e. The zero-order valence-corrected chi connectivity index (χ0v) is 13.3. The minimum Gasteiger partial charge on any atom is -0.303 e. The highest BCUT2D eigenvalue weighted by Crippen LogP contribution is 2.11. The van der Waals surface area contributed by atoms with Crippen LogP contribution in [0.2, 0.25) is 0 Å². The maximum atomic E-state index is 10.2. The highest BCUT2D eigenvalue weighted by atomic mass is 16.1. The van der Waals surface area contributed by atoms with E-state index in [-0.39, 0.29) is 0 Å². The Balaban J connectivity index is 1.82. The number of benzene rings is 1. The van der Waals surface area contributed by atoms with Crippen LogP contribution in [0.4, 0.5) is 0 Å². The summed E-state index contributed by atoms with van der Waals surface area (Å²) >= 11 is 0. The van der Waals surface area contributed by atoms with E-state index in [0.717, 1.165) is 19.1 Å². The number of rotatable bonds is 13. The molecule has 0 aliphatic carbocycles. The van der Waals surface area contributed by atoms with E-state index < -0.39 is 0 Å². The summed E-state index contributed by atoms with van der Waals surface area (Å²) in [5, 5.41) is 0. The van der Waals surface area contributed by atoms with Crippen molar-refractivity contribution in [1.29, 1.82) is 0 Å². The molecule has 0 radical (unpaired) electrons. The number of carbonyl (C=O) groups is 1. The lowest BCUT2D eigenvalue weighted by Crippen LogP contribution is -1.82. The van der Waals surface area contributed by atoms with Gasteiger partial charge in [-0.05, 0) is 24.8 Å². The maximum absolute atomic E-state index is 10.2. The Labute approximate surface area is 130 Å². The highest BCUT2D eigenvalue weighted by Gasteiger charge is 1.92. The summed E-state index contributed by atoms with van der Waals surface area (Å²) < 4.78 is 0. The predicted molar refractivity (Wildman–Crippen MR) is 92.3 cm³/mol. The van der Waals surface area contributed by atoms with Crippen molar-refractivity contribution in [3.63, 3.8) is 0 Å². The quantitative estimate of drug-likeness (QED) is 0.312. The van der Waals surface area contributed by atoms with Crippen LogP contribution in [0.15, 0.2) is 36.4 Å². The Bertz CT molecular complexity index is 367. The molecule has 1 aromatic rings. The first-order valence-electron chi connectivity index (χ1n) is 8.58. The van der Waals surface area contributed by atoms with Crippen molar-refractivity contribution in [1.82, 2.24) is 0 Å². The smallest absolute Gasteiger partial charge is 0.119 e. The molecule has 1 nitrogen and oxygen atoms in total. The van der Waals surface area contributed by atoms with Crippen LogP contribution in [0, 0.1) is 0 Å². The lowest BCUT2D eigenvalue weighted by molar-refractivity contribution is -0.107. The second-order valence-electron chi connectivity index (χ2n) is 5.74. The van der Waals surface area contributed by atoms with E-state index in [9.17, 15) is 4.79 Å². The van der Waals surface area contributed by atoms with Gasteiger partial charge in [0.15, 0.2) is 0 Å². The van der Waals surface area contributed by atoms with Gasteiger partial charge in [0.2, 0.25) is 0 Å². The van der Waals surface area contributed by atoms with E-state index >= 15 is 0 Å². The predicted octanol–water partition coefficient (Wildman–Crippen LogP) is 6.19. The molecule has 0 unspecified atom stereocenters. The van der Waals surface area contributed by atoms with Crippen molar-refractivity contribution in [3.05, 3.63) is 42.0 Å². The van der Waals surface area contributed by atoms with E-state index in [2.05, 4.69) is 42.5 Å². The first-order valence-corrected chi connectivity index (χ1v) is 8.58. The fourth-order valence-electron chi connectivity index (χ4n) is 2.51. The summed E-state index contributed by atoms with van der Waals surface area (Å²) in [7, 11) is 0. The van der Waals surface area contributed by atoms with Crippen LogP contribution >= 0.6 is 0 Å². The van der Waals surface area contributed by atoms with Crippen molar-refractivity contribution in [3.8, 4) is 0 Å². The number of unbranched alkanes of at least 4 members (excludes halogenated alkanes) is 10. The number of aldehydes is 1. The molecule has 0 N–H and O–H groups in total. The molecule has 0 aliphatic rings. The Hall–Kier alpha value is -1.37. The molecule has 0 saturated carbocycles. The molecule has 116 valence electrons. The number of allylic oxidation sites excluding steroid dienone is 1. The van der Waals surface area contributed by atoms with Gasteiger partial charge in [0.25, 0.3) is 0 Å². The lowest BCUT2D eigenvalue weighted by atomic mass is 10.1. The van der Waals surface area contributed by atoms with Gasteiger partial charge in [0, 0.05) is 6.42 Å². The molecule has 0 amide bonds. The summed E-state index contributed by atoms with van der Waals surface area (Å²) in [5.74, 6) is 0. The molecule has 0 saturated heterocycles. The molecule has 0 aliphatic heterocycles. The van der Waals surface area contributed by atoms with E-state index in [4.69, 9.17) is 0 Å². The van der Waals surface area contributed by atoms with Gasteiger partial charge in [-0.1, -0.05) is 87.4 Å². The van der Waals surface area contributed by atoms with Gasteiger partial charge in [-0.15, -0.1) is 0 Å². The van der Waals surface area contributed by atoms with E-state index in [1.165, 1.54) is 63.4 Å². The molecular weight excluding hydrogens is 256 g/mol. The fraction of sp³-hybridized carbons (Fsp3) is 0.550. The third-order valence-electron chi connectivity index (χ3n) is 3.80. The fourth-order valence-corrected chi connectivity index (χ4v) is 2.51. The normalized spacial score (nSPS) is 11.0. The third kappa shape index (κ3) is 11.0. The monoisotopic (exact) mass is 286 g/mol. The Morgan fingerprint density at radius 3 is 1.76 bits per heavy atom. The molecule has 21 heavy (non-hydrogen) atoms. The molecule has 0 aromatic heterocycles. The molecule has 0 bridgehead atoms. The molecule has 1 heteroatoms. The van der Waals surface area contributed by atoms with Crippen LogP contribution in [0.1, 0.15) is 76.2 Å². The Kier molecular flexibility index (Phi) is 11.5. The average molecular weight is 286 g/mol. The SMILES string of the molecule is O=CCCCCCCCCCCC/C=C\c1ccccc1. The minimum atomic E-state index is 0.747. The minimum absolute atomic E-state index is 0.747. The van der Waals surface area contributed by atoms with Crippen molar-refractivity contribution >= 4 is 12.4 Å². The van der Waals surface area contributed by atoms with E-state index in [1.807, 2.05) is 0 Å². The summed E-state index contributed by atoms with van der Waals surface area (Å²) in [6, 6.07) is 10.5. The highest BCUT2D eigenvalue weighted by molar-refractivity contribution is 5.49. The van der Waals surface area contributed by atoms with Gasteiger partial charge in [-0.25, -0.2) is 0 Å². The molecule has 1 rings (SSSR count). The van der Waals surface area contributed by atoms with Gasteiger partial charge < -0.3 is 4.79 Å². The zero-order valence-electron chi connectivity index (χ0n) is 13.3. The van der Waals surface area contributed by atoms with Crippen LogP contribution in [-0.2, 0) is 4.79 Å². The van der Waals surface area contributed by atoms with Crippen LogP contribution in [0.5, 0.6) is 0 Å². The largest absolute Gasteiger partial charge is 0.303 e. The van der Waals surface area contributed by atoms with Gasteiger partial charge in [-0.3, -0.25) is 0 Å². The molecule has 0 atom stereocenters. The van der Waals surface area contributed by atoms with Crippen molar-refractivity contribution < 1.29 is 4.79 Å². The number of hydrogen-bond donors (Lipinski definition) is 0. The van der Waals surface area contributed by atoms with Crippen LogP contribution in [-0.4, -0.2) is 6.29 Å². The van der Waals surface area contributed by atoms with Crippen molar-refractivity contribution in [2.45, 2.75) is 70.6 Å². The topological polar surface area (TPSA) is 17.1 Å². The third-order valence-corrected chi connectivity index (χ3v) is 3.80. The standard InChI is InChI=1S/C20H30O/c21-19-15-10-8-6-4-2-1-3-5-7-9-12-16-20-17-13-11-14-18-20/h11-14,16-19H,1-10,15H2/b16-12-. The van der Waals surface area contributed by atoms with Crippen molar-refractivity contribution in [2.24, 2.45) is 0 Å². The van der Waals surface area contributed by atoms with Gasteiger partial charge in [-0.2, -0.15) is 0 Å². The second kappa shape index (κ2) is 13.6. The Morgan fingerprint density at radius 1 is 0.667 bits per heavy atom. The lowest BCUT2D eigenvalue weighted by Gasteiger charge is -2.01. The summed E-state index contributed by atoms with van der Waals surface area (Å²) in [4.78, 5) is 10.2. The Morgan fingerprint density at radius 2 is 1.19 bits per heavy atom. The second-order valence-corrected chi connectivity index (χ2v) is 5.74. The van der Waals surface area contributed by atoms with Crippen molar-refractivity contribution in [2.75, 3.05) is 0 Å². The van der Waals surface area contributed by atoms with Gasteiger partial charge >= 0.3 is 0 Å². The molecular formula is C20H30O. The molecule has 0 fully saturated rings. The summed E-state index contributed by atoms with van der Waals surface area (Å²) in [6.07, 6.45) is 19.2. The first-order chi connectivity index (χ1) is 10.4. The van der Waals surface area contributed by atoms with Gasteiger partial charge in [0.1, 0.15) is 6.29 Å². The molecule has 0 spiro atoms. The number of hydrogen-bond acceptors (Lipinski definition) is 1. The number of carbonyl (C=O) groups excluding carboxylic acids is 1. The van der Waals surface area contributed by atoms with E-state index in [1.54, 1.807) is 0 Å². The van der Waals surface area contributed by atoms with Gasteiger partial charge in [0.05, 0.1) is 0 Å². The van der Waals surface area contributed by atoms with Crippen LogP contribution in [0.25, 0.3) is 6.08 Å². The first kappa shape index (κ1) is 17.7. The zero-order chi connectivity index (χ0) is 15.0. The summed E-state index contributed by atoms with van der Waals surface area (Å²) in [5.41, 5.74) is 1.30. The summed E-state index contributed by atoms with van der Waals surface area (Å²) in [6.45, 7) is 0.